The molecule has 0 amide bonds. The summed E-state index contributed by atoms with van der Waals surface area (Å²) in [6.07, 6.45) is 4.81. The Morgan fingerprint density at radius 1 is 1.70 bits per heavy atom. The minimum atomic E-state index is -3.83. The number of carbonyl (C=O) groups is 1. The Kier molecular flexibility index (Phi) is 16.1. The summed E-state index contributed by atoms with van der Waals surface area (Å²) >= 11 is 3.47. The van der Waals surface area contributed by atoms with Crippen LogP contribution in [0.1, 0.15) is 1.43 Å². The normalized spacial score (nSPS) is 7.30. The molecule has 7 heteroatoms. The van der Waals surface area contributed by atoms with E-state index in [1.165, 1.54) is 0 Å². The minimum absolute atomic E-state index is 0. The number of carbonyl (C=O) groups excluding carboxylic acids is 1. The smallest absolute Gasteiger partial charge is 1.00 e. The number of rotatable bonds is 0. The maximum atomic E-state index is 9.11. The quantitative estimate of drug-likeness (QED) is 0.238. The Hall–Kier alpha value is 0.520. The monoisotopic (exact) mass is 192 g/mol. The zero-order valence-corrected chi connectivity index (χ0v) is 8.82. The van der Waals surface area contributed by atoms with Crippen molar-refractivity contribution in [2.75, 3.05) is 0 Å². The van der Waals surface area contributed by atoms with E-state index in [-0.39, 0.29) is 31.0 Å². The first-order valence-electron chi connectivity index (χ1n) is 1.51. The van der Waals surface area contributed by atoms with E-state index in [4.69, 9.17) is 18.1 Å². The Morgan fingerprint density at radius 2 is 1.80 bits per heavy atom. The average molecular weight is 192 g/mol. The van der Waals surface area contributed by atoms with Crippen molar-refractivity contribution in [2.24, 2.45) is 0 Å². The van der Waals surface area contributed by atoms with Crippen LogP contribution < -0.4 is 29.6 Å². The topological polar surface area (TPSA) is 74.6 Å². The molecule has 0 aromatic carbocycles. The number of terminal acetylenes is 1. The van der Waals surface area contributed by atoms with Gasteiger partial charge < -0.3 is 1.43 Å². The van der Waals surface area contributed by atoms with Gasteiger partial charge in [0, 0.05) is 11.2 Å². The van der Waals surface area contributed by atoms with Gasteiger partial charge in [0.2, 0.25) is 0 Å². The third-order valence-electron chi connectivity index (χ3n) is 0.0680. The molecule has 0 aromatic heterocycles. The molecule has 0 bridgehead atoms. The first kappa shape index (κ1) is 16.9. The molecule has 4 nitrogen and oxygen atoms in total. The van der Waals surface area contributed by atoms with Crippen LogP contribution in [0.15, 0.2) is 0 Å². The van der Waals surface area contributed by atoms with Crippen LogP contribution in [0, 0.1) is 12.3 Å². The van der Waals surface area contributed by atoms with Gasteiger partial charge in [-0.1, -0.05) is 0 Å². The van der Waals surface area contributed by atoms with Gasteiger partial charge in [0.05, 0.1) is 0 Å². The number of hydrogen-bond donors (Lipinski definition) is 2. The summed E-state index contributed by atoms with van der Waals surface area (Å²) in [6.45, 7) is 0. The van der Waals surface area contributed by atoms with Gasteiger partial charge in [-0.15, -0.1) is 6.42 Å². The molecule has 0 unspecified atom stereocenters. The van der Waals surface area contributed by atoms with Gasteiger partial charge in [0.25, 0.3) is 9.05 Å². The van der Waals surface area contributed by atoms with Gasteiger partial charge in [-0.3, -0.25) is 13.9 Å². The fraction of sp³-hybridized carbons (Fsp3) is 0. The molecule has 0 aliphatic carbocycles. The Balaban J connectivity index is -0.0000000383. The van der Waals surface area contributed by atoms with Crippen LogP contribution in [0.4, 0.5) is 0 Å². The van der Waals surface area contributed by atoms with Gasteiger partial charge in [-0.2, -0.15) is 4.21 Å². The van der Waals surface area contributed by atoms with Crippen molar-refractivity contribution in [3.63, 3.8) is 0 Å². The molecule has 0 radical (unpaired) electrons. The summed E-state index contributed by atoms with van der Waals surface area (Å²) in [6, 6.07) is 0. The second-order valence-electron chi connectivity index (χ2n) is 0.732. The van der Waals surface area contributed by atoms with Gasteiger partial charge in [-0.25, -0.2) is 0 Å². The largest absolute Gasteiger partial charge is 1.00 e. The summed E-state index contributed by atoms with van der Waals surface area (Å²) in [5.41, 5.74) is 0. The maximum Gasteiger partial charge on any atom is 1.00 e. The first-order valence-corrected chi connectivity index (χ1v) is 3.91. The molecular weight excluding hydrogens is 187 g/mol. The molecule has 54 valence electrons. The number of hydrogen-bond acceptors (Lipinski definition) is 3. The van der Waals surface area contributed by atoms with Crippen LogP contribution in [0.5, 0.6) is 0 Å². The summed E-state index contributed by atoms with van der Waals surface area (Å²) in [7, 11) is -3.83. The fourth-order valence-electron chi connectivity index (χ4n) is 0. The molecule has 0 atom stereocenters. The van der Waals surface area contributed by atoms with Crippen molar-refractivity contribution in [1.29, 1.82) is 0 Å². The molecule has 0 heterocycles. The molecule has 0 spiro atoms. The molecule has 0 aliphatic rings. The van der Waals surface area contributed by atoms with Crippen molar-refractivity contribution in [1.82, 2.24) is 0 Å². The van der Waals surface area contributed by atoms with E-state index < -0.39 is 9.05 Å². The summed E-state index contributed by atoms with van der Waals surface area (Å²) in [5, 5.41) is 0. The van der Waals surface area contributed by atoms with Crippen LogP contribution in [0.3, 0.4) is 0 Å². The van der Waals surface area contributed by atoms with E-state index in [1.54, 1.807) is 5.92 Å². The summed E-state index contributed by atoms with van der Waals surface area (Å²) in [4.78, 5) is 8.94. The predicted octanol–water partition coefficient (Wildman–Crippen LogP) is -3.39. The van der Waals surface area contributed by atoms with Gasteiger partial charge >= 0.3 is 29.6 Å². The van der Waals surface area contributed by atoms with Crippen LogP contribution >= 0.6 is 0 Å². The Bertz CT molecular complexity index is 198. The van der Waals surface area contributed by atoms with Crippen LogP contribution in [-0.4, -0.2) is 19.6 Å². The first-order chi connectivity index (χ1) is 3.91. The maximum absolute atomic E-state index is 9.11. The van der Waals surface area contributed by atoms with Crippen LogP contribution in [0.25, 0.3) is 0 Å². The third kappa shape index (κ3) is 209. The van der Waals surface area contributed by atoms with Crippen molar-refractivity contribution in [3.8, 4) is 12.3 Å². The van der Waals surface area contributed by atoms with Gasteiger partial charge in [0.1, 0.15) is 0 Å². The standard InChI is InChI=1S/C3H2O.Na.H2O3S2.H/c1-2-3-4;;1-5(2,3)4;/h1,3H;;(H2,1,2,3,4);/q;+1;;-1. The predicted molar refractivity (Wildman–Crippen MR) is 36.8 cm³/mol. The molecular formula is C3H5NaO4S2. The molecule has 2 N–H and O–H groups in total. The minimum Gasteiger partial charge on any atom is -1.00 e. The molecule has 0 aliphatic heterocycles. The molecule has 0 aromatic rings. The van der Waals surface area contributed by atoms with Crippen molar-refractivity contribution < 1.29 is 49.1 Å². The SMILES string of the molecule is C#CC=O.O=S(O)(O)=S.[H-].[Na+]. The van der Waals surface area contributed by atoms with Crippen LogP contribution in [-0.2, 0) is 25.0 Å². The fourth-order valence-corrected chi connectivity index (χ4v) is 0. The van der Waals surface area contributed by atoms with E-state index in [1.807, 2.05) is 0 Å². The van der Waals surface area contributed by atoms with Crippen molar-refractivity contribution in [2.45, 2.75) is 0 Å². The number of aldehydes is 1. The summed E-state index contributed by atoms with van der Waals surface area (Å²) in [5.74, 6) is 1.75. The molecule has 0 fully saturated rings. The molecule has 0 saturated carbocycles. The van der Waals surface area contributed by atoms with E-state index in [9.17, 15) is 0 Å². The Labute approximate surface area is 87.5 Å². The molecule has 0 rings (SSSR count). The van der Waals surface area contributed by atoms with Crippen molar-refractivity contribution in [3.05, 3.63) is 0 Å². The van der Waals surface area contributed by atoms with Crippen molar-refractivity contribution >= 4 is 26.5 Å². The van der Waals surface area contributed by atoms with E-state index in [0.29, 0.717) is 6.29 Å². The van der Waals surface area contributed by atoms with E-state index in [2.05, 4.69) is 17.6 Å². The van der Waals surface area contributed by atoms with E-state index >= 15 is 0 Å². The molecule has 10 heavy (non-hydrogen) atoms. The zero-order valence-electron chi connectivity index (χ0n) is 6.18. The zero-order chi connectivity index (χ0) is 7.91. The van der Waals surface area contributed by atoms with E-state index in [0.717, 1.165) is 0 Å². The average Bonchev–Trinajstić information content (AvgIpc) is 1.61. The molecule has 0 saturated heterocycles. The summed E-state index contributed by atoms with van der Waals surface area (Å²) < 4.78 is 24.0. The second-order valence-corrected chi connectivity index (χ2v) is 2.93. The Morgan fingerprint density at radius 3 is 1.80 bits per heavy atom. The van der Waals surface area contributed by atoms with Gasteiger partial charge in [0.15, 0.2) is 6.29 Å². The van der Waals surface area contributed by atoms with Gasteiger partial charge in [-0.05, 0) is 5.92 Å². The third-order valence-corrected chi connectivity index (χ3v) is 0.0680. The van der Waals surface area contributed by atoms with Crippen LogP contribution in [0.2, 0.25) is 0 Å². The second kappa shape index (κ2) is 9.52.